The normalized spacial score (nSPS) is 14.7. The van der Waals surface area contributed by atoms with E-state index in [4.69, 9.17) is 14.7 Å². The molecule has 1 aliphatic heterocycles. The smallest absolute Gasteiger partial charge is 0.229 e. The first-order valence-electron chi connectivity index (χ1n) is 11.9. The van der Waals surface area contributed by atoms with Crippen LogP contribution in [0.4, 0.5) is 28.8 Å². The third-order valence-corrected chi connectivity index (χ3v) is 8.80. The highest BCUT2D eigenvalue weighted by atomic mass is 32.1. The number of likely N-dealkylation sites (N-methyl/N-ethyl adjacent to an activating group) is 1. The molecule has 1 fully saturated rings. The standard InChI is InChI=1S/C26H31N6O2PS/c1-31-12-14-32(15-13-31)18-9-10-19(22(17-18)34-2)28-26-29-21-11-16-36-24(21)25(30-26)27-20-7-5-6-8-23(20)35(3,4)33/h5-11,16-17H,12-15H2,1-4H3,(H2,27,28,29,30). The predicted molar refractivity (Wildman–Crippen MR) is 152 cm³/mol. The molecule has 2 aromatic carbocycles. The molecule has 0 spiro atoms. The number of nitrogens with one attached hydrogen (secondary N) is 2. The second-order valence-electron chi connectivity index (χ2n) is 9.32. The van der Waals surface area contributed by atoms with Crippen LogP contribution in [0, 0.1) is 0 Å². The number of ether oxygens (including phenoxy) is 1. The van der Waals surface area contributed by atoms with Crippen molar-refractivity contribution in [2.45, 2.75) is 0 Å². The van der Waals surface area contributed by atoms with Crippen LogP contribution in [0.3, 0.4) is 0 Å². The lowest BCUT2D eigenvalue weighted by molar-refractivity contribution is 0.312. The number of para-hydroxylation sites is 1. The molecule has 3 heterocycles. The zero-order valence-electron chi connectivity index (χ0n) is 21.0. The van der Waals surface area contributed by atoms with Gasteiger partial charge in [0.25, 0.3) is 0 Å². The Bertz CT molecular complexity index is 1430. The molecule has 10 heteroatoms. The SMILES string of the molecule is COc1cc(N2CCN(C)CC2)ccc1Nc1nc(Nc2ccccc2P(C)(C)=O)c2sccc2n1. The molecule has 1 aliphatic rings. The summed E-state index contributed by atoms with van der Waals surface area (Å²) < 4.78 is 19.5. The fraction of sp³-hybridized carbons (Fsp3) is 0.308. The van der Waals surface area contributed by atoms with E-state index < -0.39 is 7.14 Å². The summed E-state index contributed by atoms with van der Waals surface area (Å²) in [5.41, 5.74) is 3.56. The van der Waals surface area contributed by atoms with E-state index in [2.05, 4.69) is 39.6 Å². The molecule has 0 bridgehead atoms. The molecule has 8 nitrogen and oxygen atoms in total. The maximum Gasteiger partial charge on any atom is 0.229 e. The van der Waals surface area contributed by atoms with Gasteiger partial charge in [-0.25, -0.2) is 4.98 Å². The zero-order valence-corrected chi connectivity index (χ0v) is 22.7. The lowest BCUT2D eigenvalue weighted by Crippen LogP contribution is -2.44. The average molecular weight is 523 g/mol. The van der Waals surface area contributed by atoms with Crippen molar-refractivity contribution in [3.8, 4) is 5.75 Å². The van der Waals surface area contributed by atoms with Gasteiger partial charge >= 0.3 is 0 Å². The number of fused-ring (bicyclic) bond motifs is 1. The minimum Gasteiger partial charge on any atom is -0.494 e. The summed E-state index contributed by atoms with van der Waals surface area (Å²) in [6.45, 7) is 7.62. The van der Waals surface area contributed by atoms with Gasteiger partial charge < -0.3 is 29.7 Å². The lowest BCUT2D eigenvalue weighted by Gasteiger charge is -2.34. The number of rotatable bonds is 7. The van der Waals surface area contributed by atoms with E-state index in [9.17, 15) is 4.57 Å². The van der Waals surface area contributed by atoms with Gasteiger partial charge in [-0.2, -0.15) is 4.98 Å². The van der Waals surface area contributed by atoms with Gasteiger partial charge in [0.15, 0.2) is 5.82 Å². The number of methoxy groups -OCH3 is 1. The Labute approximate surface area is 215 Å². The number of hydrogen-bond acceptors (Lipinski definition) is 9. The van der Waals surface area contributed by atoms with Gasteiger partial charge in [-0.1, -0.05) is 12.1 Å². The molecule has 0 aliphatic carbocycles. The highest BCUT2D eigenvalue weighted by molar-refractivity contribution is 7.70. The van der Waals surface area contributed by atoms with E-state index in [-0.39, 0.29) is 0 Å². The highest BCUT2D eigenvalue weighted by Gasteiger charge is 2.19. The van der Waals surface area contributed by atoms with Crippen molar-refractivity contribution in [3.63, 3.8) is 0 Å². The summed E-state index contributed by atoms with van der Waals surface area (Å²) in [6.07, 6.45) is 0. The third-order valence-electron chi connectivity index (χ3n) is 6.34. The van der Waals surface area contributed by atoms with Gasteiger partial charge in [0.2, 0.25) is 5.95 Å². The number of aromatic nitrogens is 2. The topological polar surface area (TPSA) is 82.6 Å². The van der Waals surface area contributed by atoms with E-state index in [1.807, 2.05) is 41.8 Å². The van der Waals surface area contributed by atoms with E-state index in [1.165, 1.54) is 0 Å². The lowest BCUT2D eigenvalue weighted by atomic mass is 10.2. The summed E-state index contributed by atoms with van der Waals surface area (Å²) in [6, 6.07) is 15.8. The van der Waals surface area contributed by atoms with Crippen LogP contribution in [0.1, 0.15) is 0 Å². The van der Waals surface area contributed by atoms with Crippen LogP contribution < -0.4 is 25.6 Å². The van der Waals surface area contributed by atoms with E-state index in [0.717, 1.165) is 64.5 Å². The molecular weight excluding hydrogens is 491 g/mol. The molecule has 0 amide bonds. The van der Waals surface area contributed by atoms with Crippen LogP contribution in [0.2, 0.25) is 0 Å². The number of hydrogen-bond donors (Lipinski definition) is 2. The summed E-state index contributed by atoms with van der Waals surface area (Å²) in [7, 11) is 1.35. The van der Waals surface area contributed by atoms with E-state index in [1.54, 1.807) is 31.8 Å². The first kappa shape index (κ1) is 24.6. The number of piperazine rings is 1. The highest BCUT2D eigenvalue weighted by Crippen LogP contribution is 2.39. The first-order valence-corrected chi connectivity index (χ1v) is 15.4. The number of benzene rings is 2. The Morgan fingerprint density at radius 1 is 0.972 bits per heavy atom. The van der Waals surface area contributed by atoms with Crippen molar-refractivity contribution in [1.29, 1.82) is 0 Å². The molecule has 2 N–H and O–H groups in total. The van der Waals surface area contributed by atoms with Crippen molar-refractivity contribution >= 4 is 62.8 Å². The predicted octanol–water partition coefficient (Wildman–Crippen LogP) is 5.19. The molecule has 0 atom stereocenters. The Morgan fingerprint density at radius 2 is 1.75 bits per heavy atom. The van der Waals surface area contributed by atoms with Gasteiger partial charge in [0.05, 0.1) is 28.7 Å². The number of thiophene rings is 1. The van der Waals surface area contributed by atoms with Crippen LogP contribution in [0.25, 0.3) is 10.2 Å². The van der Waals surface area contributed by atoms with Crippen LogP contribution in [0.5, 0.6) is 5.75 Å². The van der Waals surface area contributed by atoms with Crippen LogP contribution >= 0.6 is 18.5 Å². The Hall–Kier alpha value is -3.13. The molecule has 0 unspecified atom stereocenters. The zero-order chi connectivity index (χ0) is 25.3. The van der Waals surface area contributed by atoms with Crippen LogP contribution in [-0.2, 0) is 4.57 Å². The second kappa shape index (κ2) is 10.1. The molecule has 4 aromatic rings. The summed E-state index contributed by atoms with van der Waals surface area (Å²) >= 11 is 1.57. The average Bonchev–Trinajstić information content (AvgIpc) is 3.34. The minimum atomic E-state index is -2.48. The Morgan fingerprint density at radius 3 is 2.50 bits per heavy atom. The van der Waals surface area contributed by atoms with Crippen molar-refractivity contribution < 1.29 is 9.30 Å². The van der Waals surface area contributed by atoms with Crippen LogP contribution in [-0.4, -0.2) is 68.5 Å². The van der Waals surface area contributed by atoms with Crippen molar-refractivity contribution in [3.05, 3.63) is 53.9 Å². The number of anilines is 5. The molecule has 188 valence electrons. The molecule has 2 aromatic heterocycles. The summed E-state index contributed by atoms with van der Waals surface area (Å²) in [5, 5.41) is 9.56. The van der Waals surface area contributed by atoms with Crippen molar-refractivity contribution in [2.75, 3.05) is 69.2 Å². The monoisotopic (exact) mass is 522 g/mol. The summed E-state index contributed by atoms with van der Waals surface area (Å²) in [4.78, 5) is 14.2. The van der Waals surface area contributed by atoms with Gasteiger partial charge in [0, 0.05) is 43.2 Å². The molecule has 1 saturated heterocycles. The minimum absolute atomic E-state index is 0.461. The van der Waals surface area contributed by atoms with Gasteiger partial charge in [-0.3, -0.25) is 0 Å². The molecule has 36 heavy (non-hydrogen) atoms. The third kappa shape index (κ3) is 5.19. The van der Waals surface area contributed by atoms with Gasteiger partial charge in [0.1, 0.15) is 12.9 Å². The van der Waals surface area contributed by atoms with Crippen LogP contribution in [0.15, 0.2) is 53.9 Å². The van der Waals surface area contributed by atoms with E-state index >= 15 is 0 Å². The maximum absolute atomic E-state index is 12.9. The first-order chi connectivity index (χ1) is 17.3. The quantitative estimate of drug-likeness (QED) is 0.321. The van der Waals surface area contributed by atoms with Crippen molar-refractivity contribution in [2.24, 2.45) is 0 Å². The molecular formula is C26H31N6O2PS. The molecule has 5 rings (SSSR count). The van der Waals surface area contributed by atoms with E-state index in [0.29, 0.717) is 11.8 Å². The van der Waals surface area contributed by atoms with Gasteiger partial charge in [-0.05, 0) is 56.1 Å². The second-order valence-corrected chi connectivity index (χ2v) is 13.4. The summed E-state index contributed by atoms with van der Waals surface area (Å²) in [5.74, 6) is 1.87. The maximum atomic E-state index is 12.9. The van der Waals surface area contributed by atoms with Gasteiger partial charge in [-0.15, -0.1) is 11.3 Å². The largest absolute Gasteiger partial charge is 0.494 e. The number of nitrogens with zero attached hydrogens (tertiary/aromatic N) is 4. The Kier molecular flexibility index (Phi) is 6.88. The fourth-order valence-corrected chi connectivity index (χ4v) is 6.28. The Balaban J connectivity index is 1.45. The van der Waals surface area contributed by atoms with Crippen molar-refractivity contribution in [1.82, 2.24) is 14.9 Å². The molecule has 0 saturated carbocycles. The molecule has 0 radical (unpaired) electrons. The fourth-order valence-electron chi connectivity index (χ4n) is 4.35.